The predicted molar refractivity (Wildman–Crippen MR) is 258 cm³/mol. The summed E-state index contributed by atoms with van der Waals surface area (Å²) in [6, 6.07) is 21.5. The average molecular weight is 1110 g/mol. The number of carbonyl (C=O) groups is 2. The lowest BCUT2D eigenvalue weighted by molar-refractivity contribution is -0.145. The van der Waals surface area contributed by atoms with E-state index in [1.165, 1.54) is 46.7 Å². The number of aromatic nitrogens is 2. The van der Waals surface area contributed by atoms with Crippen molar-refractivity contribution in [3.05, 3.63) is 178 Å². The number of benzene rings is 4. The van der Waals surface area contributed by atoms with Crippen LogP contribution in [-0.2, 0) is 65.8 Å². The number of rotatable bonds is 14. The molecule has 2 fully saturated rings. The molecule has 6 aromatic rings. The Morgan fingerprint density at radius 2 is 0.936 bits per heavy atom. The Morgan fingerprint density at radius 3 is 1.31 bits per heavy atom. The highest BCUT2D eigenvalue weighted by Crippen LogP contribution is 2.49. The lowest BCUT2D eigenvalue weighted by Crippen LogP contribution is -2.62. The van der Waals surface area contributed by atoms with Gasteiger partial charge in [0, 0.05) is 25.8 Å². The maximum atomic E-state index is 13.4. The second-order valence-corrected chi connectivity index (χ2v) is 19.8. The Balaban J connectivity index is 0.000000226. The van der Waals surface area contributed by atoms with Gasteiger partial charge in [-0.15, -0.1) is 0 Å². The fourth-order valence-corrected chi connectivity index (χ4v) is 10.2. The van der Waals surface area contributed by atoms with Gasteiger partial charge in [-0.1, -0.05) is 60.7 Å². The predicted octanol–water partition coefficient (Wildman–Crippen LogP) is 13.4. The summed E-state index contributed by atoms with van der Waals surface area (Å²) < 4.78 is 184. The third-order valence-electron chi connectivity index (χ3n) is 14.5. The zero-order valence-corrected chi connectivity index (χ0v) is 42.4. The SMILES string of the molecule is CC(=O)NC1(c2cnco2)CCC(CO[C@H](C)c2cc(C(F)(F)F)cc(C(F)(F)F)c2)(c2ccccc2)CC1.CC(=O)N[C@@]1(c2cnco2)CC[C@@](CO[C@H](C)c2cc(C(F)(F)F)cc(C(F)(F)F)c2)(c2ccccc2)NC1. The zero-order valence-electron chi connectivity index (χ0n) is 42.4. The minimum atomic E-state index is -4.96. The standard InChI is InChI=1S/C28H28F6N2O3.C27H27F6N3O3/c1-18(20-12-22(27(29,30)31)14-23(13-20)28(32,33)34)38-16-25(21-6-4-3-5-7-21)8-10-26(11-9-25,36-19(2)37)24-15-35-17-39-24;1-17(19-10-21(26(28,29)30)12-22(11-19)27(31,32)33)38-15-25(20-6-4-3-5-7-20)9-8-24(14-35-25,36-18(2)37)23-13-34-16-39-23/h3-7,12-15,17-18H,8-11,16H2,1-2H3,(H,36,37);3-7,10-13,16-17,35H,8-9,14-15H2,1-2H3,(H,36,37)/t18-,25?,26?;17-,24+,25-/m11/s1. The smallest absolute Gasteiger partial charge is 0.416 e. The van der Waals surface area contributed by atoms with Gasteiger partial charge in [-0.3, -0.25) is 9.59 Å². The molecular formula is C55H55F12N5O6. The van der Waals surface area contributed by atoms with Crippen molar-refractivity contribution in [1.82, 2.24) is 25.9 Å². The first-order valence-corrected chi connectivity index (χ1v) is 24.5. The first kappa shape index (κ1) is 59.0. The summed E-state index contributed by atoms with van der Waals surface area (Å²) in [5.74, 6) is 0.436. The van der Waals surface area contributed by atoms with Gasteiger partial charge in [-0.2, -0.15) is 52.7 Å². The molecule has 0 spiro atoms. The minimum Gasteiger partial charge on any atom is -0.446 e. The molecule has 11 nitrogen and oxygen atoms in total. The summed E-state index contributed by atoms with van der Waals surface area (Å²) in [6.45, 7) is 5.82. The molecule has 0 radical (unpaired) electrons. The highest BCUT2D eigenvalue weighted by Gasteiger charge is 2.49. The summed E-state index contributed by atoms with van der Waals surface area (Å²) in [4.78, 5) is 32.0. The highest BCUT2D eigenvalue weighted by molar-refractivity contribution is 5.74. The molecule has 2 aliphatic rings. The van der Waals surface area contributed by atoms with E-state index in [1.54, 1.807) is 6.20 Å². The van der Waals surface area contributed by atoms with Gasteiger partial charge in [-0.05, 0) is 111 Å². The van der Waals surface area contributed by atoms with Crippen LogP contribution in [0.1, 0.15) is 134 Å². The lowest BCUT2D eigenvalue weighted by Gasteiger charge is -2.47. The molecule has 4 atom stereocenters. The van der Waals surface area contributed by atoms with Crippen LogP contribution in [0.3, 0.4) is 0 Å². The number of carbonyl (C=O) groups excluding carboxylic acids is 2. The van der Waals surface area contributed by atoms with Crippen LogP contribution in [0.25, 0.3) is 0 Å². The number of alkyl halides is 12. The van der Waals surface area contributed by atoms with Crippen LogP contribution in [0.2, 0.25) is 0 Å². The fourth-order valence-electron chi connectivity index (χ4n) is 10.2. The molecule has 3 heterocycles. The van der Waals surface area contributed by atoms with E-state index in [4.69, 9.17) is 18.3 Å². The Labute approximate surface area is 440 Å². The monoisotopic (exact) mass is 1110 g/mol. The maximum absolute atomic E-state index is 13.4. The van der Waals surface area contributed by atoms with E-state index in [2.05, 4.69) is 25.9 Å². The summed E-state index contributed by atoms with van der Waals surface area (Å²) in [5, 5.41) is 9.35. The Morgan fingerprint density at radius 1 is 0.551 bits per heavy atom. The number of hydrogen-bond donors (Lipinski definition) is 3. The van der Waals surface area contributed by atoms with Gasteiger partial charge in [0.15, 0.2) is 18.5 Å². The van der Waals surface area contributed by atoms with Gasteiger partial charge < -0.3 is 34.3 Å². The summed E-state index contributed by atoms with van der Waals surface area (Å²) >= 11 is 0. The first-order valence-electron chi connectivity index (χ1n) is 24.5. The molecule has 1 saturated heterocycles. The molecule has 0 bridgehead atoms. The summed E-state index contributed by atoms with van der Waals surface area (Å²) in [5.41, 5.74) is -7.46. The topological polar surface area (TPSA) is 141 Å². The highest BCUT2D eigenvalue weighted by atomic mass is 19.4. The Hall–Kier alpha value is -6.72. The van der Waals surface area contributed by atoms with Gasteiger partial charge in [0.2, 0.25) is 11.8 Å². The largest absolute Gasteiger partial charge is 0.446 e. The molecule has 78 heavy (non-hydrogen) atoms. The zero-order chi connectivity index (χ0) is 57.0. The molecule has 2 amide bonds. The first-order chi connectivity index (χ1) is 36.5. The van der Waals surface area contributed by atoms with Crippen LogP contribution < -0.4 is 16.0 Å². The van der Waals surface area contributed by atoms with Gasteiger partial charge in [0.1, 0.15) is 11.3 Å². The van der Waals surface area contributed by atoms with E-state index >= 15 is 0 Å². The summed E-state index contributed by atoms with van der Waals surface area (Å²) in [6.07, 6.45) is -13.7. The number of ether oxygens (including phenoxy) is 2. The third kappa shape index (κ3) is 13.7. The molecule has 23 heteroatoms. The van der Waals surface area contributed by atoms with E-state index in [1.807, 2.05) is 60.7 Å². The molecule has 0 unspecified atom stereocenters. The van der Waals surface area contributed by atoms with Crippen LogP contribution >= 0.6 is 0 Å². The number of nitrogens with zero attached hydrogens (tertiary/aromatic N) is 2. The van der Waals surface area contributed by atoms with Gasteiger partial charge >= 0.3 is 24.7 Å². The van der Waals surface area contributed by atoms with Crippen molar-refractivity contribution in [2.45, 2.75) is 125 Å². The van der Waals surface area contributed by atoms with Crippen LogP contribution in [0.4, 0.5) is 52.7 Å². The Bertz CT molecular complexity index is 2670. The second kappa shape index (κ2) is 22.9. The average Bonchev–Trinajstić information content (AvgIpc) is 4.18. The fraction of sp³-hybridized carbons (Fsp3) is 0.418. The van der Waals surface area contributed by atoms with E-state index in [-0.39, 0.29) is 54.8 Å². The van der Waals surface area contributed by atoms with Crippen LogP contribution in [0.15, 0.2) is 131 Å². The van der Waals surface area contributed by atoms with Crippen molar-refractivity contribution in [3.8, 4) is 0 Å². The van der Waals surface area contributed by atoms with Crippen molar-refractivity contribution in [2.75, 3.05) is 19.8 Å². The molecule has 4 aromatic carbocycles. The third-order valence-corrected chi connectivity index (χ3v) is 14.5. The van der Waals surface area contributed by atoms with E-state index in [0.29, 0.717) is 74.3 Å². The number of halogens is 12. The van der Waals surface area contributed by atoms with Crippen molar-refractivity contribution in [2.24, 2.45) is 0 Å². The lowest BCUT2D eigenvalue weighted by atomic mass is 9.64. The number of hydrogen-bond acceptors (Lipinski definition) is 9. The van der Waals surface area contributed by atoms with Crippen molar-refractivity contribution in [1.29, 1.82) is 0 Å². The Kier molecular flexibility index (Phi) is 17.3. The molecule has 3 N–H and O–H groups in total. The number of piperidine rings is 1. The second-order valence-electron chi connectivity index (χ2n) is 19.8. The van der Waals surface area contributed by atoms with E-state index in [9.17, 15) is 62.3 Å². The van der Waals surface area contributed by atoms with Gasteiger partial charge in [0.25, 0.3) is 0 Å². The normalized spacial score (nSPS) is 22.9. The van der Waals surface area contributed by atoms with Crippen LogP contribution in [-0.4, -0.2) is 41.5 Å². The number of oxazole rings is 2. The van der Waals surface area contributed by atoms with Gasteiger partial charge in [0.05, 0.1) is 71.1 Å². The van der Waals surface area contributed by atoms with Crippen molar-refractivity contribution in [3.63, 3.8) is 0 Å². The van der Waals surface area contributed by atoms with Gasteiger partial charge in [-0.25, -0.2) is 9.97 Å². The molecule has 420 valence electrons. The van der Waals surface area contributed by atoms with Crippen LogP contribution in [0, 0.1) is 0 Å². The van der Waals surface area contributed by atoms with Crippen LogP contribution in [0.5, 0.6) is 0 Å². The van der Waals surface area contributed by atoms with E-state index in [0.717, 1.165) is 11.1 Å². The maximum Gasteiger partial charge on any atom is 0.416 e. The number of nitrogens with one attached hydrogen (secondary N) is 3. The molecular weight excluding hydrogens is 1050 g/mol. The molecule has 2 aromatic heterocycles. The molecule has 1 aliphatic heterocycles. The number of amides is 2. The minimum absolute atomic E-state index is 0.0440. The van der Waals surface area contributed by atoms with E-state index < -0.39 is 81.2 Å². The summed E-state index contributed by atoms with van der Waals surface area (Å²) in [7, 11) is 0. The molecule has 1 saturated carbocycles. The van der Waals surface area contributed by atoms with Crippen molar-refractivity contribution >= 4 is 11.8 Å². The molecule has 8 rings (SSSR count). The molecule has 1 aliphatic carbocycles. The quantitative estimate of drug-likeness (QED) is 0.0909. The van der Waals surface area contributed by atoms with Crippen molar-refractivity contribution < 1.29 is 80.6 Å².